The van der Waals surface area contributed by atoms with Gasteiger partial charge in [0.05, 0.1) is 0 Å². The Balaban J connectivity index is 3.23. The molecule has 0 heterocycles. The van der Waals surface area contributed by atoms with Gasteiger partial charge in [0.15, 0.2) is 0 Å². The minimum atomic E-state index is 0.195. The molecule has 2 heteroatoms. The Labute approximate surface area is 69.4 Å². The highest BCUT2D eigenvalue weighted by Gasteiger charge is 1.99. The number of hydrogen-bond acceptors (Lipinski definition) is 1. The molecule has 1 N–H and O–H groups in total. The summed E-state index contributed by atoms with van der Waals surface area (Å²) >= 11 is 0. The number of nitrogens with one attached hydrogen (secondary N) is 1. The van der Waals surface area contributed by atoms with Gasteiger partial charge in [0.25, 0.3) is 0 Å². The third-order valence-corrected chi connectivity index (χ3v) is 1.46. The van der Waals surface area contributed by atoms with Crippen LogP contribution in [0.4, 0.5) is 0 Å². The molecule has 2 nitrogen and oxygen atoms in total. The minimum Gasteiger partial charge on any atom is -0.356 e. The van der Waals surface area contributed by atoms with Gasteiger partial charge < -0.3 is 5.32 Å². The van der Waals surface area contributed by atoms with E-state index in [1.54, 1.807) is 0 Å². The van der Waals surface area contributed by atoms with Crippen LogP contribution in [0, 0.1) is 5.92 Å². The molecule has 0 aliphatic rings. The van der Waals surface area contributed by atoms with E-state index in [1.165, 1.54) is 0 Å². The van der Waals surface area contributed by atoms with Gasteiger partial charge in [-0.3, -0.25) is 4.79 Å². The van der Waals surface area contributed by atoms with Crippen LogP contribution in [0.5, 0.6) is 0 Å². The van der Waals surface area contributed by atoms with E-state index in [0.29, 0.717) is 12.3 Å². The molecule has 0 aromatic rings. The lowest BCUT2D eigenvalue weighted by atomic mass is 10.2. The molecule has 11 heavy (non-hydrogen) atoms. The molecule has 66 valence electrons. The van der Waals surface area contributed by atoms with Gasteiger partial charge in [0.2, 0.25) is 5.91 Å². The first-order chi connectivity index (χ1) is 5.16. The number of carbonyl (C=O) groups excluding carboxylic acids is 1. The van der Waals surface area contributed by atoms with Crippen LogP contribution in [-0.2, 0) is 4.79 Å². The van der Waals surface area contributed by atoms with Crippen molar-refractivity contribution in [3.63, 3.8) is 0 Å². The van der Waals surface area contributed by atoms with Crippen LogP contribution in [0.15, 0.2) is 0 Å². The third-order valence-electron chi connectivity index (χ3n) is 1.46. The maximum atomic E-state index is 11.0. The Morgan fingerprint density at radius 3 is 2.55 bits per heavy atom. The summed E-state index contributed by atoms with van der Waals surface area (Å²) in [4.78, 5) is 11.0. The van der Waals surface area contributed by atoms with Gasteiger partial charge in [0, 0.05) is 13.0 Å². The fraction of sp³-hybridized carbons (Fsp3) is 0.889. The Hall–Kier alpha value is -0.530. The van der Waals surface area contributed by atoms with Crippen LogP contribution in [0.25, 0.3) is 0 Å². The van der Waals surface area contributed by atoms with Crippen LogP contribution >= 0.6 is 0 Å². The fourth-order valence-corrected chi connectivity index (χ4v) is 0.744. The second kappa shape index (κ2) is 6.20. The quantitative estimate of drug-likeness (QED) is 0.649. The molecule has 0 aromatic carbocycles. The van der Waals surface area contributed by atoms with Crippen molar-refractivity contribution in [1.29, 1.82) is 0 Å². The molecule has 0 radical (unpaired) electrons. The molecule has 0 unspecified atom stereocenters. The maximum Gasteiger partial charge on any atom is 0.220 e. The summed E-state index contributed by atoms with van der Waals surface area (Å²) < 4.78 is 0. The summed E-state index contributed by atoms with van der Waals surface area (Å²) in [6.45, 7) is 7.10. The minimum absolute atomic E-state index is 0.195. The summed E-state index contributed by atoms with van der Waals surface area (Å²) in [7, 11) is 0. The molecular weight excluding hydrogens is 138 g/mol. The van der Waals surface area contributed by atoms with Gasteiger partial charge >= 0.3 is 0 Å². The van der Waals surface area contributed by atoms with Crippen molar-refractivity contribution in [3.05, 3.63) is 0 Å². The maximum absolute atomic E-state index is 11.0. The number of rotatable bonds is 5. The highest BCUT2D eigenvalue weighted by molar-refractivity contribution is 5.75. The number of amides is 1. The standard InChI is InChI=1S/C9H19NO/c1-4-5-6-9(11)10-7-8(2)3/h8H,4-7H2,1-3H3,(H,10,11). The van der Waals surface area contributed by atoms with Crippen molar-refractivity contribution in [1.82, 2.24) is 5.32 Å². The van der Waals surface area contributed by atoms with E-state index >= 15 is 0 Å². The van der Waals surface area contributed by atoms with Gasteiger partial charge in [0.1, 0.15) is 0 Å². The summed E-state index contributed by atoms with van der Waals surface area (Å²) in [5.41, 5.74) is 0. The zero-order chi connectivity index (χ0) is 8.69. The lowest BCUT2D eigenvalue weighted by Gasteiger charge is -2.06. The van der Waals surface area contributed by atoms with Gasteiger partial charge in [-0.1, -0.05) is 27.2 Å². The molecule has 0 fully saturated rings. The van der Waals surface area contributed by atoms with E-state index in [0.717, 1.165) is 19.4 Å². The number of unbranched alkanes of at least 4 members (excludes halogenated alkanes) is 1. The molecule has 0 spiro atoms. The average Bonchev–Trinajstić information content (AvgIpc) is 1.97. The van der Waals surface area contributed by atoms with Gasteiger partial charge in [-0.2, -0.15) is 0 Å². The molecule has 0 aliphatic heterocycles. The summed E-state index contributed by atoms with van der Waals surface area (Å²) in [6.07, 6.45) is 2.78. The van der Waals surface area contributed by atoms with Gasteiger partial charge in [-0.05, 0) is 12.3 Å². The number of carbonyl (C=O) groups is 1. The predicted molar refractivity (Wildman–Crippen MR) is 47.4 cm³/mol. The van der Waals surface area contributed by atoms with Crippen molar-refractivity contribution in [2.24, 2.45) is 5.92 Å². The van der Waals surface area contributed by atoms with E-state index in [1.807, 2.05) is 0 Å². The monoisotopic (exact) mass is 157 g/mol. The van der Waals surface area contributed by atoms with Crippen LogP contribution in [-0.4, -0.2) is 12.5 Å². The summed E-state index contributed by atoms with van der Waals surface area (Å²) in [5.74, 6) is 0.751. The second-order valence-corrected chi connectivity index (χ2v) is 3.30. The van der Waals surface area contributed by atoms with E-state index in [4.69, 9.17) is 0 Å². The van der Waals surface area contributed by atoms with Crippen LogP contribution in [0.1, 0.15) is 40.0 Å². The molecule has 0 bridgehead atoms. The van der Waals surface area contributed by atoms with Crippen molar-refractivity contribution < 1.29 is 4.79 Å². The van der Waals surface area contributed by atoms with E-state index in [2.05, 4.69) is 26.1 Å². The number of hydrogen-bond donors (Lipinski definition) is 1. The van der Waals surface area contributed by atoms with E-state index in [-0.39, 0.29) is 5.91 Å². The predicted octanol–water partition coefficient (Wildman–Crippen LogP) is 1.95. The van der Waals surface area contributed by atoms with Crippen molar-refractivity contribution in [3.8, 4) is 0 Å². The first-order valence-corrected chi connectivity index (χ1v) is 4.43. The van der Waals surface area contributed by atoms with E-state index < -0.39 is 0 Å². The average molecular weight is 157 g/mol. The lowest BCUT2D eigenvalue weighted by molar-refractivity contribution is -0.121. The first kappa shape index (κ1) is 10.5. The molecule has 1 amide bonds. The Kier molecular flexibility index (Phi) is 5.90. The van der Waals surface area contributed by atoms with Crippen molar-refractivity contribution in [2.45, 2.75) is 40.0 Å². The smallest absolute Gasteiger partial charge is 0.220 e. The molecule has 0 rings (SSSR count). The van der Waals surface area contributed by atoms with Crippen LogP contribution in [0.3, 0.4) is 0 Å². The topological polar surface area (TPSA) is 29.1 Å². The highest BCUT2D eigenvalue weighted by atomic mass is 16.1. The Morgan fingerprint density at radius 1 is 1.45 bits per heavy atom. The van der Waals surface area contributed by atoms with E-state index in [9.17, 15) is 4.79 Å². The molecule has 0 saturated carbocycles. The van der Waals surface area contributed by atoms with Crippen molar-refractivity contribution >= 4 is 5.91 Å². The molecule has 0 aromatic heterocycles. The molecule has 0 aliphatic carbocycles. The van der Waals surface area contributed by atoms with Gasteiger partial charge in [-0.25, -0.2) is 0 Å². The molecular formula is C9H19NO. The summed E-state index contributed by atoms with van der Waals surface area (Å²) in [6, 6.07) is 0. The zero-order valence-corrected chi connectivity index (χ0v) is 7.81. The van der Waals surface area contributed by atoms with Crippen molar-refractivity contribution in [2.75, 3.05) is 6.54 Å². The zero-order valence-electron chi connectivity index (χ0n) is 7.81. The van der Waals surface area contributed by atoms with Gasteiger partial charge in [-0.15, -0.1) is 0 Å². The highest BCUT2D eigenvalue weighted by Crippen LogP contribution is 1.94. The summed E-state index contributed by atoms with van der Waals surface area (Å²) in [5, 5.41) is 2.88. The largest absolute Gasteiger partial charge is 0.356 e. The SMILES string of the molecule is CCCCC(=O)NCC(C)C. The Morgan fingerprint density at radius 2 is 2.09 bits per heavy atom. The first-order valence-electron chi connectivity index (χ1n) is 4.43. The van der Waals surface area contributed by atoms with Crippen LogP contribution < -0.4 is 5.32 Å². The molecule has 0 saturated heterocycles. The molecule has 0 atom stereocenters. The van der Waals surface area contributed by atoms with Crippen LogP contribution in [0.2, 0.25) is 0 Å². The Bertz CT molecular complexity index is 110. The second-order valence-electron chi connectivity index (χ2n) is 3.30. The third kappa shape index (κ3) is 7.37. The fourth-order valence-electron chi connectivity index (χ4n) is 0.744. The lowest BCUT2D eigenvalue weighted by Crippen LogP contribution is -2.26. The normalized spacial score (nSPS) is 10.2.